The van der Waals surface area contributed by atoms with Gasteiger partial charge in [0.15, 0.2) is 0 Å². The van der Waals surface area contributed by atoms with Crippen LogP contribution in [0.5, 0.6) is 0 Å². The second-order valence-electron chi connectivity index (χ2n) is 6.30. The molecular formula is C18H21FN4O2S. The zero-order valence-electron chi connectivity index (χ0n) is 14.6. The highest BCUT2D eigenvalue weighted by molar-refractivity contribution is 7.15. The zero-order valence-corrected chi connectivity index (χ0v) is 15.4. The largest absolute Gasteiger partial charge is 0.309 e. The molecule has 138 valence electrons. The number of para-hydroxylation sites is 1. The van der Waals surface area contributed by atoms with Crippen molar-refractivity contribution in [2.24, 2.45) is 5.92 Å². The van der Waals surface area contributed by atoms with Gasteiger partial charge in [0.2, 0.25) is 16.9 Å². The van der Waals surface area contributed by atoms with Gasteiger partial charge in [0.05, 0.1) is 11.6 Å². The van der Waals surface area contributed by atoms with Gasteiger partial charge >= 0.3 is 0 Å². The lowest BCUT2D eigenvalue weighted by atomic mass is 10.1. The third-order valence-electron chi connectivity index (χ3n) is 4.33. The molecule has 1 aliphatic heterocycles. The number of anilines is 2. The normalized spacial score (nSPS) is 16.9. The molecule has 0 radical (unpaired) electrons. The quantitative estimate of drug-likeness (QED) is 0.752. The van der Waals surface area contributed by atoms with E-state index in [1.165, 1.54) is 22.3 Å². The number of rotatable bonds is 7. The summed E-state index contributed by atoms with van der Waals surface area (Å²) >= 11 is 1.36. The molecule has 6 nitrogen and oxygen atoms in total. The molecule has 1 N–H and O–H groups in total. The zero-order chi connectivity index (χ0) is 18.5. The van der Waals surface area contributed by atoms with Gasteiger partial charge in [-0.25, -0.2) is 4.39 Å². The van der Waals surface area contributed by atoms with Crippen molar-refractivity contribution >= 4 is 34.0 Å². The minimum atomic E-state index is -0.533. The number of halogens is 1. The number of carbonyl (C=O) groups is 2. The molecule has 0 spiro atoms. The van der Waals surface area contributed by atoms with Gasteiger partial charge in [0.1, 0.15) is 10.8 Å². The van der Waals surface area contributed by atoms with E-state index >= 15 is 0 Å². The van der Waals surface area contributed by atoms with Crippen molar-refractivity contribution in [3.8, 4) is 0 Å². The van der Waals surface area contributed by atoms with Gasteiger partial charge in [-0.3, -0.25) is 9.59 Å². The highest BCUT2D eigenvalue weighted by Crippen LogP contribution is 2.28. The van der Waals surface area contributed by atoms with Crippen LogP contribution in [-0.4, -0.2) is 28.6 Å². The molecule has 0 saturated carbocycles. The van der Waals surface area contributed by atoms with E-state index in [0.717, 1.165) is 30.7 Å². The van der Waals surface area contributed by atoms with Crippen molar-refractivity contribution in [1.29, 1.82) is 0 Å². The van der Waals surface area contributed by atoms with Crippen LogP contribution in [0.4, 0.5) is 15.2 Å². The lowest BCUT2D eigenvalue weighted by molar-refractivity contribution is -0.122. The first-order valence-electron chi connectivity index (χ1n) is 8.76. The molecule has 8 heteroatoms. The average molecular weight is 376 g/mol. The Kier molecular flexibility index (Phi) is 5.92. The average Bonchev–Trinajstić information content (AvgIpc) is 3.22. The molecule has 1 atom stereocenters. The minimum Gasteiger partial charge on any atom is -0.309 e. The van der Waals surface area contributed by atoms with E-state index in [1.54, 1.807) is 18.2 Å². The first-order chi connectivity index (χ1) is 12.6. The molecule has 0 unspecified atom stereocenters. The van der Waals surface area contributed by atoms with Crippen LogP contribution in [0.15, 0.2) is 24.3 Å². The summed E-state index contributed by atoms with van der Waals surface area (Å²) in [6.45, 7) is 2.30. The van der Waals surface area contributed by atoms with Gasteiger partial charge < -0.3 is 10.2 Å². The van der Waals surface area contributed by atoms with Crippen molar-refractivity contribution in [1.82, 2.24) is 10.2 Å². The highest BCUT2D eigenvalue weighted by Gasteiger charge is 2.36. The summed E-state index contributed by atoms with van der Waals surface area (Å²) in [4.78, 5) is 26.0. The molecule has 2 heterocycles. The fourth-order valence-corrected chi connectivity index (χ4v) is 3.71. The van der Waals surface area contributed by atoms with Crippen LogP contribution in [0.3, 0.4) is 0 Å². The maximum atomic E-state index is 13.9. The molecule has 0 aliphatic carbocycles. The van der Waals surface area contributed by atoms with Gasteiger partial charge in [-0.05, 0) is 18.6 Å². The van der Waals surface area contributed by atoms with Crippen LogP contribution in [0.1, 0.15) is 37.6 Å². The summed E-state index contributed by atoms with van der Waals surface area (Å²) in [6, 6.07) is 6.08. The van der Waals surface area contributed by atoms with Crippen LogP contribution >= 0.6 is 11.3 Å². The van der Waals surface area contributed by atoms with Crippen molar-refractivity contribution in [2.45, 2.75) is 39.0 Å². The lowest BCUT2D eigenvalue weighted by Gasteiger charge is -2.17. The van der Waals surface area contributed by atoms with Gasteiger partial charge in [0, 0.05) is 19.4 Å². The van der Waals surface area contributed by atoms with Crippen LogP contribution in [0.25, 0.3) is 0 Å². The molecule has 1 aliphatic rings. The fraction of sp³-hybridized carbons (Fsp3) is 0.444. The topological polar surface area (TPSA) is 75.2 Å². The molecule has 2 aromatic rings. The van der Waals surface area contributed by atoms with Gasteiger partial charge in [-0.1, -0.05) is 43.2 Å². The summed E-state index contributed by atoms with van der Waals surface area (Å²) in [5.74, 6) is -1.54. The van der Waals surface area contributed by atoms with E-state index in [1.807, 2.05) is 0 Å². The Bertz CT molecular complexity index is 795. The van der Waals surface area contributed by atoms with Crippen molar-refractivity contribution < 1.29 is 14.0 Å². The van der Waals surface area contributed by atoms with Crippen LogP contribution in [-0.2, 0) is 16.0 Å². The number of unbranched alkanes of at least 4 members (excludes halogenated alkanes) is 2. The SMILES string of the molecule is CCCCCc1nnc(NC(=O)[C@@H]2CC(=O)N(c3ccccc3F)C2)s1. The Morgan fingerprint density at radius 1 is 1.35 bits per heavy atom. The number of aromatic nitrogens is 2. The maximum Gasteiger partial charge on any atom is 0.231 e. The number of amides is 2. The summed E-state index contributed by atoms with van der Waals surface area (Å²) in [5.41, 5.74) is 0.210. The van der Waals surface area contributed by atoms with E-state index in [2.05, 4.69) is 22.4 Å². The third kappa shape index (κ3) is 4.24. The predicted octanol–water partition coefficient (Wildman–Crippen LogP) is 3.40. The summed E-state index contributed by atoms with van der Waals surface area (Å²) in [6.07, 6.45) is 4.23. The Balaban J connectivity index is 1.59. The molecule has 3 rings (SSSR count). The number of aryl methyl sites for hydroxylation is 1. The Labute approximate surface area is 155 Å². The Morgan fingerprint density at radius 2 is 2.15 bits per heavy atom. The maximum absolute atomic E-state index is 13.9. The molecule has 2 amide bonds. The lowest BCUT2D eigenvalue weighted by Crippen LogP contribution is -2.28. The number of nitrogens with one attached hydrogen (secondary N) is 1. The summed E-state index contributed by atoms with van der Waals surface area (Å²) in [7, 11) is 0. The first-order valence-corrected chi connectivity index (χ1v) is 9.58. The van der Waals surface area contributed by atoms with E-state index < -0.39 is 11.7 Å². The monoisotopic (exact) mass is 376 g/mol. The van der Waals surface area contributed by atoms with Crippen molar-refractivity contribution in [3.05, 3.63) is 35.1 Å². The number of hydrogen-bond donors (Lipinski definition) is 1. The van der Waals surface area contributed by atoms with Crippen LogP contribution < -0.4 is 10.2 Å². The van der Waals surface area contributed by atoms with Crippen LogP contribution in [0.2, 0.25) is 0 Å². The molecule has 1 aromatic carbocycles. The van der Waals surface area contributed by atoms with Gasteiger partial charge in [0.25, 0.3) is 0 Å². The minimum absolute atomic E-state index is 0.0579. The van der Waals surface area contributed by atoms with Crippen molar-refractivity contribution in [3.63, 3.8) is 0 Å². The molecular weight excluding hydrogens is 355 g/mol. The Morgan fingerprint density at radius 3 is 2.92 bits per heavy atom. The summed E-state index contributed by atoms with van der Waals surface area (Å²) in [5, 5.41) is 12.1. The van der Waals surface area contributed by atoms with E-state index in [4.69, 9.17) is 0 Å². The van der Waals surface area contributed by atoms with Crippen LogP contribution in [0, 0.1) is 11.7 Å². The number of carbonyl (C=O) groups excluding carboxylic acids is 2. The van der Waals surface area contributed by atoms with E-state index in [9.17, 15) is 14.0 Å². The predicted molar refractivity (Wildman–Crippen MR) is 98.6 cm³/mol. The number of benzene rings is 1. The molecule has 26 heavy (non-hydrogen) atoms. The van der Waals surface area contributed by atoms with E-state index in [0.29, 0.717) is 5.13 Å². The third-order valence-corrected chi connectivity index (χ3v) is 5.23. The first kappa shape index (κ1) is 18.4. The van der Waals surface area contributed by atoms with Gasteiger partial charge in [-0.15, -0.1) is 10.2 Å². The second-order valence-corrected chi connectivity index (χ2v) is 7.37. The van der Waals surface area contributed by atoms with Crippen molar-refractivity contribution in [2.75, 3.05) is 16.8 Å². The molecule has 1 fully saturated rings. The van der Waals surface area contributed by atoms with E-state index in [-0.39, 0.29) is 30.5 Å². The number of nitrogens with zero attached hydrogens (tertiary/aromatic N) is 3. The Hall–Kier alpha value is -2.35. The molecule has 1 saturated heterocycles. The highest BCUT2D eigenvalue weighted by atomic mass is 32.1. The smallest absolute Gasteiger partial charge is 0.231 e. The standard InChI is InChI=1S/C18H21FN4O2S/c1-2-3-4-9-15-21-22-18(26-15)20-17(25)12-10-16(24)23(11-12)14-8-6-5-7-13(14)19/h5-8,12H,2-4,9-11H2,1H3,(H,20,22,25)/t12-/m1/s1. The fourth-order valence-electron chi connectivity index (χ4n) is 2.93. The summed E-state index contributed by atoms with van der Waals surface area (Å²) < 4.78 is 13.9. The molecule has 0 bridgehead atoms. The molecule has 1 aromatic heterocycles. The second kappa shape index (κ2) is 8.35. The number of hydrogen-bond acceptors (Lipinski definition) is 5. The van der Waals surface area contributed by atoms with Gasteiger partial charge in [-0.2, -0.15) is 0 Å².